The predicted octanol–water partition coefficient (Wildman–Crippen LogP) is 2.40. The van der Waals surface area contributed by atoms with E-state index in [1.165, 1.54) is 5.56 Å². The summed E-state index contributed by atoms with van der Waals surface area (Å²) in [6, 6.07) is 7.97. The quantitative estimate of drug-likeness (QED) is 0.797. The zero-order valence-electron chi connectivity index (χ0n) is 9.08. The first-order valence-corrected chi connectivity index (χ1v) is 4.96. The van der Waals surface area contributed by atoms with Gasteiger partial charge in [0.25, 0.3) is 0 Å². The molecule has 0 heterocycles. The third-order valence-corrected chi connectivity index (χ3v) is 2.11. The Morgan fingerprint density at radius 1 is 1.21 bits per heavy atom. The monoisotopic (exact) mass is 194 g/mol. The average Bonchev–Trinajstić information content (AvgIpc) is 2.19. The van der Waals surface area contributed by atoms with Crippen LogP contribution in [0.1, 0.15) is 26.3 Å². The van der Waals surface area contributed by atoms with E-state index in [4.69, 9.17) is 9.84 Å². The molecule has 0 saturated carbocycles. The van der Waals surface area contributed by atoms with Crippen LogP contribution in [0.15, 0.2) is 24.3 Å². The molecule has 0 radical (unpaired) electrons. The van der Waals surface area contributed by atoms with Crippen molar-refractivity contribution in [3.8, 4) is 5.75 Å². The molecule has 1 aromatic carbocycles. The summed E-state index contributed by atoms with van der Waals surface area (Å²) in [5.74, 6) is 0.807. The average molecular weight is 194 g/mol. The molecule has 2 nitrogen and oxygen atoms in total. The van der Waals surface area contributed by atoms with E-state index in [1.54, 1.807) is 0 Å². The van der Waals surface area contributed by atoms with Crippen molar-refractivity contribution >= 4 is 0 Å². The molecule has 0 atom stereocenters. The second-order valence-electron chi connectivity index (χ2n) is 4.02. The second kappa shape index (κ2) is 4.47. The van der Waals surface area contributed by atoms with Crippen LogP contribution >= 0.6 is 0 Å². The summed E-state index contributed by atoms with van der Waals surface area (Å²) < 4.78 is 5.60. The van der Waals surface area contributed by atoms with E-state index < -0.39 is 5.60 Å². The zero-order valence-corrected chi connectivity index (χ0v) is 9.08. The zero-order chi connectivity index (χ0) is 10.6. The van der Waals surface area contributed by atoms with E-state index in [9.17, 15) is 0 Å². The van der Waals surface area contributed by atoms with Crippen molar-refractivity contribution < 1.29 is 9.84 Å². The number of aliphatic hydroxyl groups is 1. The van der Waals surface area contributed by atoms with Gasteiger partial charge in [-0.1, -0.05) is 19.1 Å². The molecule has 0 spiro atoms. The molecule has 78 valence electrons. The van der Waals surface area contributed by atoms with Crippen LogP contribution in [0, 0.1) is 0 Å². The summed E-state index contributed by atoms with van der Waals surface area (Å²) in [5, 5.41) is 9.03. The van der Waals surface area contributed by atoms with E-state index >= 15 is 0 Å². The van der Waals surface area contributed by atoms with E-state index in [1.807, 2.05) is 38.1 Å². The molecule has 0 bridgehead atoms. The fourth-order valence-corrected chi connectivity index (χ4v) is 1.14. The number of aryl methyl sites for hydroxylation is 1. The van der Waals surface area contributed by atoms with Crippen LogP contribution in [0.2, 0.25) is 0 Å². The smallest absolute Gasteiger partial charge is 0.126 e. The number of rotatable bonds is 4. The molecule has 0 saturated heterocycles. The van der Waals surface area contributed by atoms with Crippen LogP contribution in [-0.4, -0.2) is 17.3 Å². The van der Waals surface area contributed by atoms with Crippen molar-refractivity contribution in [2.75, 3.05) is 6.61 Å². The van der Waals surface area contributed by atoms with Gasteiger partial charge >= 0.3 is 0 Å². The molecule has 0 aliphatic heterocycles. The maximum Gasteiger partial charge on any atom is 0.126 e. The Morgan fingerprint density at radius 2 is 1.79 bits per heavy atom. The van der Waals surface area contributed by atoms with Crippen LogP contribution in [0.25, 0.3) is 0 Å². The Balaban J connectivity index is 2.69. The van der Waals surface area contributed by atoms with Crippen molar-refractivity contribution in [2.24, 2.45) is 0 Å². The normalized spacial score (nSPS) is 11.4. The minimum Gasteiger partial charge on any atom is -0.485 e. The summed E-state index contributed by atoms with van der Waals surface area (Å²) in [6.45, 7) is 5.86. The molecule has 0 unspecified atom stereocenters. The number of ether oxygens (including phenoxy) is 1. The van der Waals surface area contributed by atoms with Gasteiger partial charge in [-0.3, -0.25) is 0 Å². The molecule has 1 rings (SSSR count). The lowest BCUT2D eigenvalue weighted by Gasteiger charge is -2.23. The lowest BCUT2D eigenvalue weighted by molar-refractivity contribution is 0.0412. The molecule has 1 N–H and O–H groups in total. The SMILES string of the molecule is CCc1ccc(OC(C)(C)CO)cc1. The topological polar surface area (TPSA) is 29.5 Å². The van der Waals surface area contributed by atoms with Crippen LogP contribution in [0.4, 0.5) is 0 Å². The molecule has 0 aromatic heterocycles. The maximum absolute atomic E-state index is 9.03. The maximum atomic E-state index is 9.03. The highest BCUT2D eigenvalue weighted by Crippen LogP contribution is 2.18. The summed E-state index contributed by atoms with van der Waals surface area (Å²) >= 11 is 0. The Bertz CT molecular complexity index is 275. The molecule has 1 aromatic rings. The van der Waals surface area contributed by atoms with E-state index in [0.29, 0.717) is 0 Å². The highest BCUT2D eigenvalue weighted by molar-refractivity contribution is 5.27. The van der Waals surface area contributed by atoms with Crippen molar-refractivity contribution in [1.82, 2.24) is 0 Å². The van der Waals surface area contributed by atoms with Crippen LogP contribution < -0.4 is 4.74 Å². The highest BCUT2D eigenvalue weighted by Gasteiger charge is 2.17. The lowest BCUT2D eigenvalue weighted by atomic mass is 10.1. The minimum absolute atomic E-state index is 0.0164. The minimum atomic E-state index is -0.506. The van der Waals surface area contributed by atoms with Crippen molar-refractivity contribution in [3.05, 3.63) is 29.8 Å². The fraction of sp³-hybridized carbons (Fsp3) is 0.500. The first kappa shape index (κ1) is 11.1. The molecule has 0 amide bonds. The summed E-state index contributed by atoms with van der Waals surface area (Å²) in [4.78, 5) is 0. The fourth-order valence-electron chi connectivity index (χ4n) is 1.14. The number of hydrogen-bond donors (Lipinski definition) is 1. The van der Waals surface area contributed by atoms with E-state index in [0.717, 1.165) is 12.2 Å². The Morgan fingerprint density at radius 3 is 2.21 bits per heavy atom. The highest BCUT2D eigenvalue weighted by atomic mass is 16.5. The van der Waals surface area contributed by atoms with Gasteiger partial charge in [-0.25, -0.2) is 0 Å². The molecule has 0 aliphatic carbocycles. The largest absolute Gasteiger partial charge is 0.485 e. The Hall–Kier alpha value is -1.02. The van der Waals surface area contributed by atoms with Crippen molar-refractivity contribution in [1.29, 1.82) is 0 Å². The van der Waals surface area contributed by atoms with Crippen molar-refractivity contribution in [3.63, 3.8) is 0 Å². The molecular weight excluding hydrogens is 176 g/mol. The van der Waals surface area contributed by atoms with Gasteiger partial charge in [-0.15, -0.1) is 0 Å². The van der Waals surface area contributed by atoms with Crippen LogP contribution in [0.3, 0.4) is 0 Å². The molecule has 14 heavy (non-hydrogen) atoms. The number of aliphatic hydroxyl groups excluding tert-OH is 1. The predicted molar refractivity (Wildman–Crippen MR) is 57.6 cm³/mol. The van der Waals surface area contributed by atoms with Crippen LogP contribution in [0.5, 0.6) is 5.75 Å². The van der Waals surface area contributed by atoms with Gasteiger partial charge in [0.2, 0.25) is 0 Å². The molecule has 0 fully saturated rings. The van der Waals surface area contributed by atoms with Gasteiger partial charge in [0.1, 0.15) is 11.4 Å². The second-order valence-corrected chi connectivity index (χ2v) is 4.02. The van der Waals surface area contributed by atoms with Gasteiger partial charge < -0.3 is 9.84 Å². The summed E-state index contributed by atoms with van der Waals surface area (Å²) in [7, 11) is 0. The third kappa shape index (κ3) is 3.04. The number of hydrogen-bond acceptors (Lipinski definition) is 2. The van der Waals surface area contributed by atoms with Gasteiger partial charge in [-0.05, 0) is 38.0 Å². The Kier molecular flexibility index (Phi) is 3.53. The number of benzene rings is 1. The van der Waals surface area contributed by atoms with Gasteiger partial charge in [0.05, 0.1) is 6.61 Å². The van der Waals surface area contributed by atoms with Gasteiger partial charge in [0.15, 0.2) is 0 Å². The summed E-state index contributed by atoms with van der Waals surface area (Å²) in [5.41, 5.74) is 0.785. The van der Waals surface area contributed by atoms with Gasteiger partial charge in [-0.2, -0.15) is 0 Å². The Labute approximate surface area is 85.5 Å². The van der Waals surface area contributed by atoms with Crippen LogP contribution in [-0.2, 0) is 6.42 Å². The third-order valence-electron chi connectivity index (χ3n) is 2.11. The van der Waals surface area contributed by atoms with E-state index in [2.05, 4.69) is 6.92 Å². The standard InChI is InChI=1S/C12H18O2/c1-4-10-5-7-11(8-6-10)14-12(2,3)9-13/h5-8,13H,4,9H2,1-3H3. The first-order chi connectivity index (χ1) is 6.57. The lowest BCUT2D eigenvalue weighted by Crippen LogP contribution is -2.32. The van der Waals surface area contributed by atoms with Crippen molar-refractivity contribution in [2.45, 2.75) is 32.8 Å². The first-order valence-electron chi connectivity index (χ1n) is 4.96. The van der Waals surface area contributed by atoms with Gasteiger partial charge in [0, 0.05) is 0 Å². The molecule has 2 heteroatoms. The molecule has 0 aliphatic rings. The molecular formula is C12H18O2. The summed E-state index contributed by atoms with van der Waals surface area (Å²) in [6.07, 6.45) is 1.03. The van der Waals surface area contributed by atoms with E-state index in [-0.39, 0.29) is 6.61 Å².